The van der Waals surface area contributed by atoms with Crippen LogP contribution in [0.15, 0.2) is 35.5 Å². The second-order valence-corrected chi connectivity index (χ2v) is 5.37. The molecule has 0 spiro atoms. The Labute approximate surface area is 145 Å². The lowest BCUT2D eigenvalue weighted by molar-refractivity contribution is -0.274. The van der Waals surface area contributed by atoms with Gasteiger partial charge in [-0.05, 0) is 30.7 Å². The van der Waals surface area contributed by atoms with Gasteiger partial charge in [0.25, 0.3) is 5.91 Å². The number of aromatic nitrogens is 2. The number of hydrogen-bond donors (Lipinski definition) is 1. The Morgan fingerprint density at radius 2 is 2.00 bits per heavy atom. The van der Waals surface area contributed by atoms with E-state index in [9.17, 15) is 18.0 Å². The van der Waals surface area contributed by atoms with Gasteiger partial charge in [0.2, 0.25) is 0 Å². The molecule has 1 atom stereocenters. The Hall–Kier alpha value is -3.01. The van der Waals surface area contributed by atoms with Crippen molar-refractivity contribution in [3.63, 3.8) is 0 Å². The molecule has 0 bridgehead atoms. The summed E-state index contributed by atoms with van der Waals surface area (Å²) in [7, 11) is 1.34. The molecule has 0 saturated carbocycles. The van der Waals surface area contributed by atoms with Crippen molar-refractivity contribution in [3.8, 4) is 17.1 Å². The molecule has 10 heteroatoms. The number of alkyl halides is 3. The summed E-state index contributed by atoms with van der Waals surface area (Å²) in [4.78, 5) is 29.0. The molecule has 2 aromatic rings. The number of hydroxylamine groups is 1. The van der Waals surface area contributed by atoms with Crippen molar-refractivity contribution < 1.29 is 27.5 Å². The van der Waals surface area contributed by atoms with Gasteiger partial charge < -0.3 is 4.74 Å². The average molecular weight is 366 g/mol. The van der Waals surface area contributed by atoms with Crippen LogP contribution in [-0.2, 0) is 16.1 Å². The molecule has 0 radical (unpaired) electrons. The molecule has 0 fully saturated rings. The summed E-state index contributed by atoms with van der Waals surface area (Å²) in [6.45, 7) is 0. The van der Waals surface area contributed by atoms with Crippen LogP contribution in [0.2, 0.25) is 0 Å². The summed E-state index contributed by atoms with van der Waals surface area (Å²) >= 11 is 0. The van der Waals surface area contributed by atoms with Gasteiger partial charge in [-0.25, -0.2) is 20.4 Å². The lowest BCUT2D eigenvalue weighted by atomic mass is 9.99. The van der Waals surface area contributed by atoms with Crippen LogP contribution in [0.3, 0.4) is 0 Å². The van der Waals surface area contributed by atoms with Crippen LogP contribution in [0.4, 0.5) is 19.0 Å². The number of hydrogen-bond acceptors (Lipinski definition) is 6. The molecule has 1 aliphatic heterocycles. The summed E-state index contributed by atoms with van der Waals surface area (Å²) in [6, 6.07) is 5.20. The largest absolute Gasteiger partial charge is 0.573 e. The van der Waals surface area contributed by atoms with Crippen LogP contribution >= 0.6 is 0 Å². The lowest BCUT2D eigenvalue weighted by Crippen LogP contribution is -2.33. The van der Waals surface area contributed by atoms with Crippen LogP contribution < -0.4 is 10.2 Å². The molecule has 1 N–H and O–H groups in total. The standard InChI is InChI=1S/C16H13F3N4O3/c1-25-23-15(24)11-6-10-7-20-13(22-14(10)21-8-11)9-2-4-12(5-3-9)26-16(17,18)19/h2-5,7-8,11H,6H2,1H3,(H,23,24). The van der Waals surface area contributed by atoms with E-state index in [1.54, 1.807) is 6.20 Å². The number of rotatable bonds is 4. The molecule has 26 heavy (non-hydrogen) atoms. The molecule has 2 heterocycles. The highest BCUT2D eigenvalue weighted by Gasteiger charge is 2.31. The van der Waals surface area contributed by atoms with E-state index in [4.69, 9.17) is 0 Å². The van der Waals surface area contributed by atoms with Crippen LogP contribution in [0, 0.1) is 5.92 Å². The lowest BCUT2D eigenvalue weighted by Gasteiger charge is -2.17. The van der Waals surface area contributed by atoms with Crippen molar-refractivity contribution in [1.82, 2.24) is 15.4 Å². The number of halogens is 3. The molecule has 136 valence electrons. The number of amides is 1. The Morgan fingerprint density at radius 3 is 2.65 bits per heavy atom. The predicted octanol–water partition coefficient (Wildman–Crippen LogP) is 2.59. The second kappa shape index (κ2) is 7.08. The molecule has 0 saturated heterocycles. The number of aliphatic imine (C=N–C) groups is 1. The summed E-state index contributed by atoms with van der Waals surface area (Å²) in [6.07, 6.45) is -1.37. The normalized spacial score (nSPS) is 16.1. The smallest absolute Gasteiger partial charge is 0.406 e. The first kappa shape index (κ1) is 17.8. The van der Waals surface area contributed by atoms with E-state index in [2.05, 4.69) is 30.0 Å². The van der Waals surface area contributed by atoms with Crippen molar-refractivity contribution in [2.45, 2.75) is 12.8 Å². The first-order chi connectivity index (χ1) is 12.4. The monoisotopic (exact) mass is 366 g/mol. The SMILES string of the molecule is CONC(=O)C1C=Nc2nc(-c3ccc(OC(F)(F)F)cc3)ncc2C1. The molecule has 1 aromatic carbocycles. The van der Waals surface area contributed by atoms with Crippen molar-refractivity contribution in [2.75, 3.05) is 7.11 Å². The Bertz CT molecular complexity index is 838. The van der Waals surface area contributed by atoms with E-state index in [0.29, 0.717) is 29.2 Å². The molecule has 1 unspecified atom stereocenters. The van der Waals surface area contributed by atoms with Gasteiger partial charge >= 0.3 is 6.36 Å². The van der Waals surface area contributed by atoms with Crippen LogP contribution in [0.25, 0.3) is 11.4 Å². The van der Waals surface area contributed by atoms with E-state index < -0.39 is 12.3 Å². The van der Waals surface area contributed by atoms with E-state index in [1.807, 2.05) is 0 Å². The van der Waals surface area contributed by atoms with Gasteiger partial charge in [0.15, 0.2) is 11.6 Å². The highest BCUT2D eigenvalue weighted by atomic mass is 19.4. The maximum absolute atomic E-state index is 12.2. The predicted molar refractivity (Wildman–Crippen MR) is 84.6 cm³/mol. The van der Waals surface area contributed by atoms with E-state index in [1.165, 1.54) is 37.6 Å². The molecule has 1 aliphatic rings. The third kappa shape index (κ3) is 4.14. The minimum absolute atomic E-state index is 0.305. The van der Waals surface area contributed by atoms with Crippen molar-refractivity contribution in [3.05, 3.63) is 36.0 Å². The Kier molecular flexibility index (Phi) is 4.85. The van der Waals surface area contributed by atoms with Gasteiger partial charge in [-0.3, -0.25) is 9.63 Å². The maximum atomic E-state index is 12.2. The molecule has 7 nitrogen and oxygen atoms in total. The second-order valence-electron chi connectivity index (χ2n) is 5.37. The van der Waals surface area contributed by atoms with Gasteiger partial charge in [0, 0.05) is 23.5 Å². The van der Waals surface area contributed by atoms with Gasteiger partial charge in [-0.1, -0.05) is 0 Å². The van der Waals surface area contributed by atoms with E-state index in [-0.39, 0.29) is 11.7 Å². The molecular weight excluding hydrogens is 353 g/mol. The van der Waals surface area contributed by atoms with Crippen molar-refractivity contribution >= 4 is 17.9 Å². The molecule has 0 aliphatic carbocycles. The third-order valence-corrected chi connectivity index (χ3v) is 3.54. The number of ether oxygens (including phenoxy) is 1. The zero-order valence-electron chi connectivity index (χ0n) is 13.4. The fourth-order valence-corrected chi connectivity index (χ4v) is 2.39. The minimum atomic E-state index is -4.75. The fourth-order valence-electron chi connectivity index (χ4n) is 2.39. The number of nitrogens with zero attached hydrogens (tertiary/aromatic N) is 3. The topological polar surface area (TPSA) is 85.7 Å². The zero-order chi connectivity index (χ0) is 18.7. The molecular formula is C16H13F3N4O3. The third-order valence-electron chi connectivity index (χ3n) is 3.54. The van der Waals surface area contributed by atoms with Crippen LogP contribution in [0.5, 0.6) is 5.75 Å². The van der Waals surface area contributed by atoms with Crippen molar-refractivity contribution in [2.24, 2.45) is 10.9 Å². The quantitative estimate of drug-likeness (QED) is 0.841. The highest BCUT2D eigenvalue weighted by Crippen LogP contribution is 2.28. The molecule has 1 aromatic heterocycles. The van der Waals surface area contributed by atoms with Gasteiger partial charge in [-0.2, -0.15) is 0 Å². The average Bonchev–Trinajstić information content (AvgIpc) is 2.60. The summed E-state index contributed by atoms with van der Waals surface area (Å²) in [5, 5.41) is 0. The zero-order valence-corrected chi connectivity index (χ0v) is 13.4. The van der Waals surface area contributed by atoms with Gasteiger partial charge in [0.1, 0.15) is 5.75 Å². The summed E-state index contributed by atoms with van der Waals surface area (Å²) in [5.41, 5.74) is 3.44. The first-order valence-corrected chi connectivity index (χ1v) is 7.45. The highest BCUT2D eigenvalue weighted by molar-refractivity contribution is 5.95. The maximum Gasteiger partial charge on any atom is 0.573 e. The number of fused-ring (bicyclic) bond motifs is 1. The van der Waals surface area contributed by atoms with E-state index in [0.717, 1.165) is 0 Å². The summed E-state index contributed by atoms with van der Waals surface area (Å²) in [5.74, 6) is -0.433. The minimum Gasteiger partial charge on any atom is -0.406 e. The fraction of sp³-hybridized carbons (Fsp3) is 0.250. The Morgan fingerprint density at radius 1 is 1.27 bits per heavy atom. The van der Waals surface area contributed by atoms with Gasteiger partial charge in [-0.15, -0.1) is 13.2 Å². The number of carbonyl (C=O) groups is 1. The molecule has 1 amide bonds. The first-order valence-electron chi connectivity index (χ1n) is 7.45. The Balaban J connectivity index is 1.78. The number of benzene rings is 1. The van der Waals surface area contributed by atoms with Gasteiger partial charge in [0.05, 0.1) is 13.0 Å². The summed E-state index contributed by atoms with van der Waals surface area (Å²) < 4.78 is 40.4. The number of nitrogens with one attached hydrogen (secondary N) is 1. The van der Waals surface area contributed by atoms with Crippen LogP contribution in [0.1, 0.15) is 5.56 Å². The molecule has 3 rings (SSSR count). The number of carbonyl (C=O) groups excluding carboxylic acids is 1. The van der Waals surface area contributed by atoms with Crippen LogP contribution in [-0.4, -0.2) is 35.6 Å². The van der Waals surface area contributed by atoms with E-state index >= 15 is 0 Å². The van der Waals surface area contributed by atoms with Crippen molar-refractivity contribution in [1.29, 1.82) is 0 Å².